The van der Waals surface area contributed by atoms with Gasteiger partial charge in [-0.3, -0.25) is 0 Å². The van der Waals surface area contributed by atoms with Gasteiger partial charge in [-0.1, -0.05) is 97.1 Å². The molecule has 0 N–H and O–H groups in total. The van der Waals surface area contributed by atoms with Crippen LogP contribution in [0.15, 0.2) is 170 Å². The molecule has 10 aromatic rings. The van der Waals surface area contributed by atoms with Crippen LogP contribution in [0.5, 0.6) is 0 Å². The number of para-hydroxylation sites is 4. The lowest BCUT2D eigenvalue weighted by atomic mass is 9.97. The number of allylic oxidation sites excluding steroid dienone is 1. The van der Waals surface area contributed by atoms with E-state index in [1.807, 2.05) is 0 Å². The fourth-order valence-electron chi connectivity index (χ4n) is 8.65. The summed E-state index contributed by atoms with van der Waals surface area (Å²) in [4.78, 5) is 0. The van der Waals surface area contributed by atoms with Gasteiger partial charge in [0.25, 0.3) is 0 Å². The Bertz CT molecular complexity index is 3010. The average Bonchev–Trinajstić information content (AvgIpc) is 3.83. The summed E-state index contributed by atoms with van der Waals surface area (Å²) in [5.74, 6) is 0. The van der Waals surface area contributed by atoms with E-state index < -0.39 is 0 Å². The second-order valence-corrected chi connectivity index (χ2v) is 13.7. The van der Waals surface area contributed by atoms with Gasteiger partial charge in [0.15, 0.2) is 0 Å². The molecule has 1 aliphatic carbocycles. The van der Waals surface area contributed by atoms with E-state index in [1.54, 1.807) is 0 Å². The molecule has 0 saturated carbocycles. The van der Waals surface area contributed by atoms with Crippen LogP contribution >= 0.6 is 0 Å². The zero-order chi connectivity index (χ0) is 33.5. The highest BCUT2D eigenvalue weighted by Gasteiger charge is 2.21. The molecule has 240 valence electrons. The van der Waals surface area contributed by atoms with Crippen LogP contribution in [0.4, 0.5) is 0 Å². The van der Waals surface area contributed by atoms with Gasteiger partial charge in [0, 0.05) is 49.7 Å². The minimum Gasteiger partial charge on any atom is -0.310 e. The maximum absolute atomic E-state index is 2.48. The molecule has 0 amide bonds. The first-order chi connectivity index (χ1) is 25.3. The van der Waals surface area contributed by atoms with Gasteiger partial charge in [0.05, 0.1) is 27.6 Å². The van der Waals surface area contributed by atoms with E-state index in [0.29, 0.717) is 0 Å². The highest BCUT2D eigenvalue weighted by Crippen LogP contribution is 2.40. The molecule has 51 heavy (non-hydrogen) atoms. The van der Waals surface area contributed by atoms with Gasteiger partial charge in [-0.2, -0.15) is 0 Å². The summed E-state index contributed by atoms with van der Waals surface area (Å²) in [6, 6.07) is 60.0. The lowest BCUT2D eigenvalue weighted by molar-refractivity contribution is 0.968. The Labute approximate surface area is 295 Å². The summed E-state index contributed by atoms with van der Waals surface area (Å²) in [6.07, 6.45) is 6.76. The molecule has 1 aliphatic rings. The summed E-state index contributed by atoms with van der Waals surface area (Å²) in [5, 5.41) is 6.43. The van der Waals surface area contributed by atoms with Crippen LogP contribution in [-0.4, -0.2) is 13.7 Å². The van der Waals surface area contributed by atoms with Crippen LogP contribution in [0, 0.1) is 0 Å². The van der Waals surface area contributed by atoms with Crippen LogP contribution in [0.2, 0.25) is 0 Å². The monoisotopic (exact) mass is 651 g/mol. The largest absolute Gasteiger partial charge is 0.310 e. The van der Waals surface area contributed by atoms with Crippen molar-refractivity contribution in [2.24, 2.45) is 0 Å². The molecule has 0 radical (unpaired) electrons. The first kappa shape index (κ1) is 28.3. The molecular weight excluding hydrogens is 619 g/mol. The van der Waals surface area contributed by atoms with Crippen molar-refractivity contribution in [1.29, 1.82) is 0 Å². The highest BCUT2D eigenvalue weighted by molar-refractivity contribution is 6.11. The van der Waals surface area contributed by atoms with Crippen molar-refractivity contribution in [2.75, 3.05) is 0 Å². The number of nitrogens with zero attached hydrogens (tertiary/aromatic N) is 3. The van der Waals surface area contributed by atoms with Gasteiger partial charge >= 0.3 is 0 Å². The lowest BCUT2D eigenvalue weighted by Gasteiger charge is -2.13. The third-order valence-corrected chi connectivity index (χ3v) is 10.9. The van der Waals surface area contributed by atoms with Crippen LogP contribution in [0.1, 0.15) is 17.7 Å². The summed E-state index contributed by atoms with van der Waals surface area (Å²) in [5.41, 5.74) is 14.9. The number of aromatic nitrogens is 3. The Hall–Kier alpha value is -6.58. The number of rotatable bonds is 4. The smallest absolute Gasteiger partial charge is 0.0561 e. The van der Waals surface area contributed by atoms with E-state index in [4.69, 9.17) is 0 Å². The van der Waals surface area contributed by atoms with Gasteiger partial charge in [0.2, 0.25) is 0 Å². The normalized spacial score (nSPS) is 12.9. The molecular formula is C48H33N3. The predicted octanol–water partition coefficient (Wildman–Crippen LogP) is 12.5. The van der Waals surface area contributed by atoms with Crippen molar-refractivity contribution >= 4 is 60.6 Å². The Morgan fingerprint density at radius 1 is 0.353 bits per heavy atom. The molecule has 3 nitrogen and oxygen atoms in total. The van der Waals surface area contributed by atoms with Crippen molar-refractivity contribution < 1.29 is 0 Å². The average molecular weight is 652 g/mol. The maximum Gasteiger partial charge on any atom is 0.0561 e. The fraction of sp³-hybridized carbons (Fsp3) is 0.0417. The van der Waals surface area contributed by atoms with Crippen molar-refractivity contribution in [3.8, 4) is 28.2 Å². The molecule has 0 unspecified atom stereocenters. The molecule has 11 rings (SSSR count). The quantitative estimate of drug-likeness (QED) is 0.180. The van der Waals surface area contributed by atoms with Crippen LogP contribution in [0.3, 0.4) is 0 Å². The standard InChI is InChI=1S/C48H33N3/c1-3-13-34(14-4-1)49-44-21-11-8-18-38(44)41-29-32(23-27-46(41)49)33-24-28-47-42(30-33)39-19-9-12-22-45(39)51(47)36-25-26-40-37-17-7-10-20-43(37)50(48(40)31-36)35-15-5-2-6-16-35/h1-8,10-18,20-31H,9,19H2. The number of aryl methyl sites for hydroxylation is 1. The molecule has 0 atom stereocenters. The van der Waals surface area contributed by atoms with E-state index in [9.17, 15) is 0 Å². The SMILES string of the molecule is C1=Cc2c(c3cc(-c4ccc5c(c4)c4ccccc4n5-c4ccccc4)ccc3n2-c2ccc3c4ccccc4n(-c4ccccc4)c3c2)CC1. The van der Waals surface area contributed by atoms with Crippen molar-refractivity contribution in [3.63, 3.8) is 0 Å². The Kier molecular flexibility index (Phi) is 6.08. The molecule has 3 heterocycles. The first-order valence-corrected chi connectivity index (χ1v) is 17.8. The van der Waals surface area contributed by atoms with Gasteiger partial charge in [-0.15, -0.1) is 0 Å². The predicted molar refractivity (Wildman–Crippen MR) is 215 cm³/mol. The molecule has 0 spiro atoms. The maximum atomic E-state index is 2.48. The van der Waals surface area contributed by atoms with Crippen LogP contribution < -0.4 is 0 Å². The van der Waals surface area contributed by atoms with E-state index in [-0.39, 0.29) is 0 Å². The number of hydrogen-bond donors (Lipinski definition) is 0. The second-order valence-electron chi connectivity index (χ2n) is 13.7. The van der Waals surface area contributed by atoms with Gasteiger partial charge in [-0.25, -0.2) is 0 Å². The van der Waals surface area contributed by atoms with E-state index in [0.717, 1.165) is 12.8 Å². The second kappa shape index (κ2) is 11.0. The Balaban J connectivity index is 1.10. The minimum atomic E-state index is 1.04. The van der Waals surface area contributed by atoms with E-state index in [2.05, 4.69) is 190 Å². The summed E-state index contributed by atoms with van der Waals surface area (Å²) >= 11 is 0. The minimum absolute atomic E-state index is 1.04. The first-order valence-electron chi connectivity index (χ1n) is 17.8. The van der Waals surface area contributed by atoms with Gasteiger partial charge in [-0.05, 0) is 108 Å². The van der Waals surface area contributed by atoms with Gasteiger partial charge in [0.1, 0.15) is 0 Å². The third-order valence-electron chi connectivity index (χ3n) is 10.9. The number of fused-ring (bicyclic) bond motifs is 9. The highest BCUT2D eigenvalue weighted by atomic mass is 15.0. The molecule has 7 aromatic carbocycles. The molecule has 0 aliphatic heterocycles. The Morgan fingerprint density at radius 3 is 1.57 bits per heavy atom. The molecule has 0 bridgehead atoms. The van der Waals surface area contributed by atoms with Gasteiger partial charge < -0.3 is 13.7 Å². The third kappa shape index (κ3) is 4.18. The summed E-state index contributed by atoms with van der Waals surface area (Å²) in [7, 11) is 0. The zero-order valence-corrected chi connectivity index (χ0v) is 28.0. The molecule has 0 fully saturated rings. The molecule has 3 aromatic heterocycles. The fourth-order valence-corrected chi connectivity index (χ4v) is 8.65. The summed E-state index contributed by atoms with van der Waals surface area (Å²) in [6.45, 7) is 0. The van der Waals surface area contributed by atoms with E-state index >= 15 is 0 Å². The van der Waals surface area contributed by atoms with Crippen molar-refractivity contribution in [3.05, 3.63) is 181 Å². The van der Waals surface area contributed by atoms with Crippen LogP contribution in [0.25, 0.3) is 88.8 Å². The Morgan fingerprint density at radius 2 is 0.882 bits per heavy atom. The van der Waals surface area contributed by atoms with Crippen molar-refractivity contribution in [1.82, 2.24) is 13.7 Å². The van der Waals surface area contributed by atoms with Crippen molar-refractivity contribution in [2.45, 2.75) is 12.8 Å². The van der Waals surface area contributed by atoms with Crippen LogP contribution in [-0.2, 0) is 6.42 Å². The number of benzene rings is 7. The lowest BCUT2D eigenvalue weighted by Crippen LogP contribution is -2.01. The molecule has 0 saturated heterocycles. The topological polar surface area (TPSA) is 14.8 Å². The summed E-state index contributed by atoms with van der Waals surface area (Å²) < 4.78 is 7.27. The van der Waals surface area contributed by atoms with E-state index in [1.165, 1.54) is 94.0 Å². The molecule has 3 heteroatoms. The number of hydrogen-bond acceptors (Lipinski definition) is 0. The zero-order valence-electron chi connectivity index (χ0n) is 28.0.